The summed E-state index contributed by atoms with van der Waals surface area (Å²) < 4.78 is 6.58. The lowest BCUT2D eigenvalue weighted by Gasteiger charge is -2.24. The number of hydrogen-bond acceptors (Lipinski definition) is 5. The number of nitrogens with zero attached hydrogens (tertiary/aromatic N) is 3. The summed E-state index contributed by atoms with van der Waals surface area (Å²) in [7, 11) is 0. The molecular weight excluding hydrogens is 248 g/mol. The van der Waals surface area contributed by atoms with Crippen LogP contribution in [-0.4, -0.2) is 43.9 Å². The molecule has 19 heavy (non-hydrogen) atoms. The Balaban J connectivity index is 2.44. The minimum atomic E-state index is -0.798. The van der Waals surface area contributed by atoms with Gasteiger partial charge in [-0.2, -0.15) is 0 Å². The van der Waals surface area contributed by atoms with Crippen LogP contribution in [0, 0.1) is 6.92 Å². The van der Waals surface area contributed by atoms with Gasteiger partial charge in [-0.25, -0.2) is 9.48 Å². The Bertz CT molecular complexity index is 425. The Kier molecular flexibility index (Phi) is 4.88. The van der Waals surface area contributed by atoms with Gasteiger partial charge in [-0.1, -0.05) is 5.21 Å². The van der Waals surface area contributed by atoms with Gasteiger partial charge in [0.05, 0.1) is 24.4 Å². The minimum Gasteiger partial charge on any atom is -0.444 e. The Morgan fingerprint density at radius 3 is 2.74 bits per heavy atom. The fourth-order valence-electron chi connectivity index (χ4n) is 1.37. The number of carbonyl (C=O) groups excluding carboxylic acids is 1. The molecule has 7 nitrogen and oxygen atoms in total. The van der Waals surface area contributed by atoms with Crippen molar-refractivity contribution in [2.75, 3.05) is 0 Å². The number of ether oxygens (including phenoxy) is 1. The standard InChI is InChI=1S/C12H21N4O3/c1-8-6-16(15-14-8)7-10(17)9(2)13-11(18)19-12(3,4)5/h6,9-10,17H,1,7H2,2-5H3,(H,13,18)/t9-,10?/m0/s1. The molecule has 0 aromatic carbocycles. The van der Waals surface area contributed by atoms with Crippen LogP contribution < -0.4 is 5.32 Å². The second kappa shape index (κ2) is 6.01. The number of nitrogens with one attached hydrogen (secondary N) is 1. The molecule has 1 heterocycles. The third-order valence-corrected chi connectivity index (χ3v) is 2.28. The van der Waals surface area contributed by atoms with Crippen molar-refractivity contribution in [3.63, 3.8) is 0 Å². The van der Waals surface area contributed by atoms with E-state index in [1.807, 2.05) is 0 Å². The average molecular weight is 269 g/mol. The summed E-state index contributed by atoms with van der Waals surface area (Å²) in [5, 5.41) is 20.0. The van der Waals surface area contributed by atoms with Gasteiger partial charge in [0.2, 0.25) is 0 Å². The average Bonchev–Trinajstić information content (AvgIpc) is 2.60. The molecule has 0 aliphatic rings. The lowest BCUT2D eigenvalue weighted by molar-refractivity contribution is 0.0415. The number of rotatable bonds is 4. The fourth-order valence-corrected chi connectivity index (χ4v) is 1.37. The van der Waals surface area contributed by atoms with Gasteiger partial charge in [-0.15, -0.1) is 5.10 Å². The number of hydrogen-bond donors (Lipinski definition) is 2. The lowest BCUT2D eigenvalue weighted by Crippen LogP contribution is -2.45. The van der Waals surface area contributed by atoms with Crippen LogP contribution in [0.2, 0.25) is 0 Å². The molecule has 1 amide bonds. The highest BCUT2D eigenvalue weighted by molar-refractivity contribution is 5.68. The molecule has 2 atom stereocenters. The quantitative estimate of drug-likeness (QED) is 0.841. The van der Waals surface area contributed by atoms with Gasteiger partial charge in [0.1, 0.15) is 5.60 Å². The Labute approximate surface area is 112 Å². The van der Waals surface area contributed by atoms with Gasteiger partial charge in [0.25, 0.3) is 0 Å². The molecule has 0 fully saturated rings. The topological polar surface area (TPSA) is 89.3 Å². The van der Waals surface area contributed by atoms with Gasteiger partial charge in [0.15, 0.2) is 0 Å². The van der Waals surface area contributed by atoms with Crippen molar-refractivity contribution in [1.82, 2.24) is 20.3 Å². The molecule has 1 rings (SSSR count). The first-order valence-electron chi connectivity index (χ1n) is 6.07. The zero-order chi connectivity index (χ0) is 14.6. The first-order chi connectivity index (χ1) is 8.67. The Hall–Kier alpha value is -1.63. The van der Waals surface area contributed by atoms with Crippen molar-refractivity contribution in [3.8, 4) is 0 Å². The highest BCUT2D eigenvalue weighted by atomic mass is 16.6. The van der Waals surface area contributed by atoms with Crippen LogP contribution in [0.3, 0.4) is 0 Å². The van der Waals surface area contributed by atoms with E-state index < -0.39 is 23.8 Å². The molecule has 0 aliphatic carbocycles. The third kappa shape index (κ3) is 5.69. The summed E-state index contributed by atoms with van der Waals surface area (Å²) in [6.07, 6.45) is 0.257. The fraction of sp³-hybridized carbons (Fsp3) is 0.667. The molecule has 107 valence electrons. The molecule has 0 spiro atoms. The number of aromatic nitrogens is 3. The minimum absolute atomic E-state index is 0.222. The zero-order valence-corrected chi connectivity index (χ0v) is 11.8. The summed E-state index contributed by atoms with van der Waals surface area (Å²) in [5.74, 6) is 0. The smallest absolute Gasteiger partial charge is 0.407 e. The molecular formula is C12H21N4O3. The molecule has 0 aliphatic heterocycles. The normalized spacial score (nSPS) is 14.8. The highest BCUT2D eigenvalue weighted by Crippen LogP contribution is 2.07. The molecule has 2 N–H and O–H groups in total. The molecule has 1 aromatic heterocycles. The monoisotopic (exact) mass is 269 g/mol. The van der Waals surface area contributed by atoms with E-state index in [1.54, 1.807) is 33.9 Å². The van der Waals surface area contributed by atoms with Crippen molar-refractivity contribution >= 4 is 6.09 Å². The number of carbonyl (C=O) groups is 1. The van der Waals surface area contributed by atoms with E-state index in [4.69, 9.17) is 4.74 Å². The number of amides is 1. The predicted octanol–water partition coefficient (Wildman–Crippen LogP) is 0.734. The van der Waals surface area contributed by atoms with Crippen molar-refractivity contribution in [2.24, 2.45) is 0 Å². The lowest BCUT2D eigenvalue weighted by atomic mass is 10.2. The molecule has 1 radical (unpaired) electrons. The van der Waals surface area contributed by atoms with Crippen molar-refractivity contribution in [2.45, 2.75) is 52.0 Å². The maximum Gasteiger partial charge on any atom is 0.407 e. The Morgan fingerprint density at radius 1 is 1.63 bits per heavy atom. The van der Waals surface area contributed by atoms with Gasteiger partial charge in [-0.05, 0) is 34.6 Å². The van der Waals surface area contributed by atoms with Gasteiger partial charge < -0.3 is 15.2 Å². The molecule has 1 unspecified atom stereocenters. The number of aliphatic hydroxyl groups is 1. The maximum atomic E-state index is 11.5. The van der Waals surface area contributed by atoms with Gasteiger partial charge >= 0.3 is 6.09 Å². The second-order valence-corrected chi connectivity index (χ2v) is 5.43. The third-order valence-electron chi connectivity index (χ3n) is 2.28. The van der Waals surface area contributed by atoms with Crippen LogP contribution in [0.25, 0.3) is 0 Å². The van der Waals surface area contributed by atoms with Crippen molar-refractivity contribution in [3.05, 3.63) is 18.8 Å². The zero-order valence-electron chi connectivity index (χ0n) is 11.8. The molecule has 0 bridgehead atoms. The summed E-state index contributed by atoms with van der Waals surface area (Å²) in [5.41, 5.74) is -0.0383. The first-order valence-corrected chi connectivity index (χ1v) is 6.07. The predicted molar refractivity (Wildman–Crippen MR) is 69.3 cm³/mol. The van der Waals surface area contributed by atoms with Crippen LogP contribution >= 0.6 is 0 Å². The van der Waals surface area contributed by atoms with E-state index in [2.05, 4.69) is 22.6 Å². The van der Waals surface area contributed by atoms with E-state index in [-0.39, 0.29) is 6.54 Å². The van der Waals surface area contributed by atoms with Crippen molar-refractivity contribution in [1.29, 1.82) is 0 Å². The second-order valence-electron chi connectivity index (χ2n) is 5.43. The van der Waals surface area contributed by atoms with E-state index in [1.165, 1.54) is 4.68 Å². The van der Waals surface area contributed by atoms with Gasteiger partial charge in [0, 0.05) is 6.20 Å². The van der Waals surface area contributed by atoms with Crippen LogP contribution in [0.4, 0.5) is 4.79 Å². The SMILES string of the molecule is [CH2]c1cn(CC(O)[C@H](C)NC(=O)OC(C)(C)C)nn1. The largest absolute Gasteiger partial charge is 0.444 e. The maximum absolute atomic E-state index is 11.5. The first kappa shape index (κ1) is 15.4. The van der Waals surface area contributed by atoms with Crippen LogP contribution in [0.15, 0.2) is 6.20 Å². The van der Waals surface area contributed by atoms with Crippen LogP contribution in [-0.2, 0) is 11.3 Å². The summed E-state index contributed by atoms with van der Waals surface area (Å²) in [6.45, 7) is 10.9. The Morgan fingerprint density at radius 2 is 2.26 bits per heavy atom. The van der Waals surface area contributed by atoms with E-state index in [0.717, 1.165) is 0 Å². The van der Waals surface area contributed by atoms with E-state index in [9.17, 15) is 9.90 Å². The van der Waals surface area contributed by atoms with E-state index >= 15 is 0 Å². The number of aliphatic hydroxyl groups excluding tert-OH is 1. The summed E-state index contributed by atoms with van der Waals surface area (Å²) in [4.78, 5) is 11.5. The van der Waals surface area contributed by atoms with Crippen LogP contribution in [0.1, 0.15) is 33.4 Å². The highest BCUT2D eigenvalue weighted by Gasteiger charge is 2.21. The molecule has 0 saturated carbocycles. The van der Waals surface area contributed by atoms with E-state index in [0.29, 0.717) is 5.69 Å². The molecule has 7 heteroatoms. The summed E-state index contributed by atoms with van der Waals surface area (Å²) in [6, 6.07) is -0.465. The number of alkyl carbamates (subject to hydrolysis) is 1. The molecule has 1 aromatic rings. The van der Waals surface area contributed by atoms with Crippen LogP contribution in [0.5, 0.6) is 0 Å². The summed E-state index contributed by atoms with van der Waals surface area (Å²) >= 11 is 0. The van der Waals surface area contributed by atoms with Crippen molar-refractivity contribution < 1.29 is 14.6 Å². The molecule has 0 saturated heterocycles. The van der Waals surface area contributed by atoms with Gasteiger partial charge in [-0.3, -0.25) is 0 Å².